The first kappa shape index (κ1) is 17.8. The van der Waals surface area contributed by atoms with Gasteiger partial charge in [-0.1, -0.05) is 11.3 Å². The Morgan fingerprint density at radius 1 is 1.15 bits per heavy atom. The molecule has 0 aliphatic heterocycles. The van der Waals surface area contributed by atoms with Crippen molar-refractivity contribution in [1.29, 1.82) is 0 Å². The van der Waals surface area contributed by atoms with Gasteiger partial charge in [-0.15, -0.1) is 0 Å². The van der Waals surface area contributed by atoms with Crippen LogP contribution in [0, 0.1) is 6.92 Å². The lowest BCUT2D eigenvalue weighted by Gasteiger charge is -2.08. The lowest BCUT2D eigenvalue weighted by Crippen LogP contribution is -2.15. The highest BCUT2D eigenvalue weighted by Gasteiger charge is 2.17. The topological polar surface area (TPSA) is 134 Å². The molecule has 2 aromatic heterocycles. The van der Waals surface area contributed by atoms with E-state index in [0.717, 1.165) is 11.3 Å². The van der Waals surface area contributed by atoms with Crippen LogP contribution in [-0.2, 0) is 10.0 Å². The van der Waals surface area contributed by atoms with Crippen molar-refractivity contribution >= 4 is 38.9 Å². The molecule has 3 rings (SSSR count). The number of H-pyrrole nitrogens is 1. The second kappa shape index (κ2) is 7.06. The number of aromatic nitrogens is 3. The number of hydrogen-bond acceptors (Lipinski definition) is 7. The Morgan fingerprint density at radius 2 is 1.81 bits per heavy atom. The second-order valence-electron chi connectivity index (χ2n) is 5.13. The van der Waals surface area contributed by atoms with E-state index in [1.165, 1.54) is 36.7 Å². The Labute approximate surface area is 152 Å². The number of anilines is 2. The largest absolute Gasteiger partial charge is 0.321 e. The average Bonchev–Trinajstić information content (AvgIpc) is 2.94. The van der Waals surface area contributed by atoms with Crippen LogP contribution in [0.5, 0.6) is 0 Å². The average molecular weight is 391 g/mol. The minimum absolute atomic E-state index is 0.00886. The molecule has 0 spiro atoms. The molecule has 0 aliphatic carbocycles. The minimum atomic E-state index is -3.85. The summed E-state index contributed by atoms with van der Waals surface area (Å²) >= 11 is 0.807. The van der Waals surface area contributed by atoms with E-state index in [1.807, 2.05) is 0 Å². The monoisotopic (exact) mass is 391 g/mol. The van der Waals surface area contributed by atoms with Crippen molar-refractivity contribution in [3.8, 4) is 0 Å². The van der Waals surface area contributed by atoms with Gasteiger partial charge in [0, 0.05) is 23.8 Å². The highest BCUT2D eigenvalue weighted by Crippen LogP contribution is 2.18. The standard InChI is InChI=1S/C15H13N5O4S2/c1-9-12(25-15(22)18-9)13(21)19-10-3-5-11(6-4-10)26(23,24)20-14-16-7-2-8-17-14/h2-8H,1H3,(H,18,22)(H,19,21)(H,16,17,20). The van der Waals surface area contributed by atoms with Gasteiger partial charge in [0.25, 0.3) is 15.9 Å². The Balaban J connectivity index is 1.75. The molecule has 1 aromatic carbocycles. The van der Waals surface area contributed by atoms with Crippen LogP contribution in [0.25, 0.3) is 0 Å². The molecule has 0 fully saturated rings. The van der Waals surface area contributed by atoms with Crippen LogP contribution >= 0.6 is 11.3 Å². The van der Waals surface area contributed by atoms with E-state index >= 15 is 0 Å². The van der Waals surface area contributed by atoms with E-state index in [1.54, 1.807) is 13.0 Å². The number of carbonyl (C=O) groups is 1. The Kier molecular flexibility index (Phi) is 4.82. The molecule has 0 bridgehead atoms. The van der Waals surface area contributed by atoms with E-state index in [-0.39, 0.29) is 20.6 Å². The fraction of sp³-hybridized carbons (Fsp3) is 0.0667. The molecular weight excluding hydrogens is 378 g/mol. The fourth-order valence-corrected chi connectivity index (χ4v) is 3.75. The van der Waals surface area contributed by atoms with Gasteiger partial charge in [-0.3, -0.25) is 9.59 Å². The molecule has 0 saturated heterocycles. The minimum Gasteiger partial charge on any atom is -0.321 e. The fourth-order valence-electron chi connectivity index (χ4n) is 2.06. The Bertz CT molecular complexity index is 1090. The van der Waals surface area contributed by atoms with Crippen molar-refractivity contribution in [2.45, 2.75) is 11.8 Å². The quantitative estimate of drug-likeness (QED) is 0.605. The molecule has 26 heavy (non-hydrogen) atoms. The zero-order valence-electron chi connectivity index (χ0n) is 13.4. The number of amides is 1. The van der Waals surface area contributed by atoms with Crippen LogP contribution in [-0.4, -0.2) is 29.3 Å². The summed E-state index contributed by atoms with van der Waals surface area (Å²) in [5, 5.41) is 2.61. The van der Waals surface area contributed by atoms with Crippen LogP contribution in [0.15, 0.2) is 52.4 Å². The highest BCUT2D eigenvalue weighted by atomic mass is 32.2. The maximum atomic E-state index is 12.3. The zero-order valence-corrected chi connectivity index (χ0v) is 15.0. The number of thiazole rings is 1. The van der Waals surface area contributed by atoms with Crippen molar-refractivity contribution in [3.63, 3.8) is 0 Å². The predicted molar refractivity (Wildman–Crippen MR) is 96.9 cm³/mol. The number of sulfonamides is 1. The van der Waals surface area contributed by atoms with Gasteiger partial charge in [-0.25, -0.2) is 23.1 Å². The first-order valence-corrected chi connectivity index (χ1v) is 9.56. The zero-order chi connectivity index (χ0) is 18.7. The summed E-state index contributed by atoms with van der Waals surface area (Å²) in [4.78, 5) is 33.5. The van der Waals surface area contributed by atoms with Gasteiger partial charge in [0.15, 0.2) is 0 Å². The van der Waals surface area contributed by atoms with Crippen molar-refractivity contribution in [2.75, 3.05) is 10.0 Å². The molecule has 0 saturated carbocycles. The molecule has 0 aliphatic rings. The first-order chi connectivity index (χ1) is 12.3. The molecule has 2 heterocycles. The lowest BCUT2D eigenvalue weighted by molar-refractivity contribution is 0.103. The van der Waals surface area contributed by atoms with E-state index in [0.29, 0.717) is 11.4 Å². The van der Waals surface area contributed by atoms with Gasteiger partial charge >= 0.3 is 4.87 Å². The summed E-state index contributed by atoms with van der Waals surface area (Å²) in [6.07, 6.45) is 2.83. The molecule has 9 nitrogen and oxygen atoms in total. The number of nitrogens with zero attached hydrogens (tertiary/aromatic N) is 2. The third kappa shape index (κ3) is 3.95. The van der Waals surface area contributed by atoms with Crippen molar-refractivity contribution in [2.24, 2.45) is 0 Å². The molecule has 0 unspecified atom stereocenters. The summed E-state index contributed by atoms with van der Waals surface area (Å²) < 4.78 is 26.8. The van der Waals surface area contributed by atoms with Gasteiger partial charge in [0.2, 0.25) is 5.95 Å². The van der Waals surface area contributed by atoms with Crippen molar-refractivity contribution in [3.05, 3.63) is 63.0 Å². The van der Waals surface area contributed by atoms with Gasteiger partial charge in [-0.05, 0) is 37.3 Å². The first-order valence-electron chi connectivity index (χ1n) is 7.26. The van der Waals surface area contributed by atoms with Gasteiger partial charge in [0.05, 0.1) is 4.90 Å². The maximum absolute atomic E-state index is 12.3. The third-order valence-electron chi connectivity index (χ3n) is 3.25. The maximum Gasteiger partial charge on any atom is 0.305 e. The van der Waals surface area contributed by atoms with Crippen molar-refractivity contribution in [1.82, 2.24) is 15.0 Å². The Hall–Kier alpha value is -3.05. The SMILES string of the molecule is Cc1[nH]c(=O)sc1C(=O)Nc1ccc(S(=O)(=O)Nc2ncccn2)cc1. The normalized spacial score (nSPS) is 11.1. The van der Waals surface area contributed by atoms with Crippen LogP contribution in [0.2, 0.25) is 0 Å². The van der Waals surface area contributed by atoms with Gasteiger partial charge in [0.1, 0.15) is 4.88 Å². The highest BCUT2D eigenvalue weighted by molar-refractivity contribution is 7.92. The summed E-state index contributed by atoms with van der Waals surface area (Å²) in [7, 11) is -3.85. The van der Waals surface area contributed by atoms with Crippen molar-refractivity contribution < 1.29 is 13.2 Å². The van der Waals surface area contributed by atoms with E-state index < -0.39 is 15.9 Å². The molecule has 0 atom stereocenters. The number of carbonyl (C=O) groups excluding carboxylic acids is 1. The molecule has 0 radical (unpaired) electrons. The molecule has 1 amide bonds. The molecular formula is C15H13N5O4S2. The second-order valence-corrected chi connectivity index (χ2v) is 7.79. The summed E-state index contributed by atoms with van der Waals surface area (Å²) in [5.41, 5.74) is 0.869. The number of nitrogens with one attached hydrogen (secondary N) is 3. The van der Waals surface area contributed by atoms with Crippen LogP contribution in [0.4, 0.5) is 11.6 Å². The molecule has 3 N–H and O–H groups in total. The van der Waals surface area contributed by atoms with Crippen LogP contribution < -0.4 is 14.9 Å². The van der Waals surface area contributed by atoms with Crippen LogP contribution in [0.3, 0.4) is 0 Å². The number of aryl methyl sites for hydroxylation is 1. The predicted octanol–water partition coefficient (Wildman–Crippen LogP) is 1.59. The summed E-state index contributed by atoms with van der Waals surface area (Å²) in [6, 6.07) is 7.14. The summed E-state index contributed by atoms with van der Waals surface area (Å²) in [6.45, 7) is 1.62. The molecule has 11 heteroatoms. The molecule has 134 valence electrons. The number of aromatic amines is 1. The number of hydrogen-bond donors (Lipinski definition) is 3. The third-order valence-corrected chi connectivity index (χ3v) is 5.57. The smallest absolute Gasteiger partial charge is 0.305 e. The van der Waals surface area contributed by atoms with Crippen LogP contribution in [0.1, 0.15) is 15.4 Å². The van der Waals surface area contributed by atoms with Gasteiger partial charge < -0.3 is 10.3 Å². The van der Waals surface area contributed by atoms with Gasteiger partial charge in [-0.2, -0.15) is 0 Å². The van der Waals surface area contributed by atoms with E-state index in [2.05, 4.69) is 25.0 Å². The Morgan fingerprint density at radius 3 is 2.38 bits per heavy atom. The number of rotatable bonds is 5. The van der Waals surface area contributed by atoms with E-state index in [9.17, 15) is 18.0 Å². The van der Waals surface area contributed by atoms with E-state index in [4.69, 9.17) is 0 Å². The number of benzene rings is 1. The lowest BCUT2D eigenvalue weighted by atomic mass is 10.3. The summed E-state index contributed by atoms with van der Waals surface area (Å²) in [5.74, 6) is -0.486. The molecule has 3 aromatic rings.